The number of aliphatic hydroxyl groups excluding tert-OH is 1. The number of hydrogen-bond donors (Lipinski definition) is 2. The summed E-state index contributed by atoms with van der Waals surface area (Å²) in [5.41, 5.74) is 0. The number of hydrogen-bond acceptors (Lipinski definition) is 3. The summed E-state index contributed by atoms with van der Waals surface area (Å²) < 4.78 is 0. The summed E-state index contributed by atoms with van der Waals surface area (Å²) in [6, 6.07) is 0. The zero-order chi connectivity index (χ0) is 9.52. The minimum Gasteiger partial charge on any atom is -0.392 e. The lowest BCUT2D eigenvalue weighted by Gasteiger charge is -2.29. The van der Waals surface area contributed by atoms with Crippen LogP contribution in [0.15, 0.2) is 0 Å². The zero-order valence-corrected chi connectivity index (χ0v) is 8.63. The van der Waals surface area contributed by atoms with Crippen LogP contribution >= 0.6 is 0 Å². The number of nitrogens with zero attached hydrogens (tertiary/aromatic N) is 1. The average molecular weight is 186 g/mol. The maximum absolute atomic E-state index is 9.67. The minimum absolute atomic E-state index is 0.113. The van der Waals surface area contributed by atoms with Gasteiger partial charge in [-0.3, -0.25) is 4.90 Å². The highest BCUT2D eigenvalue weighted by molar-refractivity contribution is 4.70. The second-order valence-corrected chi connectivity index (χ2v) is 3.85. The molecule has 1 rings (SSSR count). The van der Waals surface area contributed by atoms with Crippen molar-refractivity contribution in [2.45, 2.75) is 32.3 Å². The first-order valence-electron chi connectivity index (χ1n) is 5.44. The van der Waals surface area contributed by atoms with E-state index in [4.69, 9.17) is 0 Å². The number of unbranched alkanes of at least 4 members (excludes halogenated alkanes) is 1. The molecule has 0 radical (unpaired) electrons. The second kappa shape index (κ2) is 6.35. The monoisotopic (exact) mass is 186 g/mol. The molecule has 0 saturated carbocycles. The predicted octanol–water partition coefficient (Wildman–Crippen LogP) is 0.443. The number of piperazine rings is 1. The van der Waals surface area contributed by atoms with Crippen LogP contribution in [0.4, 0.5) is 0 Å². The van der Waals surface area contributed by atoms with Crippen molar-refractivity contribution in [3.8, 4) is 0 Å². The summed E-state index contributed by atoms with van der Waals surface area (Å²) in [6.07, 6.45) is 3.17. The lowest BCUT2D eigenvalue weighted by atomic mass is 10.1. The highest BCUT2D eigenvalue weighted by Gasteiger charge is 2.13. The Hall–Kier alpha value is -0.120. The van der Waals surface area contributed by atoms with Gasteiger partial charge in [-0.25, -0.2) is 0 Å². The lowest BCUT2D eigenvalue weighted by Crippen LogP contribution is -2.46. The Labute approximate surface area is 81.1 Å². The van der Waals surface area contributed by atoms with Gasteiger partial charge in [0.2, 0.25) is 0 Å². The van der Waals surface area contributed by atoms with E-state index in [9.17, 15) is 5.11 Å². The Morgan fingerprint density at radius 2 is 2.08 bits per heavy atom. The molecule has 1 fully saturated rings. The molecule has 3 nitrogen and oxygen atoms in total. The Bertz CT molecular complexity index is 124. The molecule has 1 aliphatic rings. The summed E-state index contributed by atoms with van der Waals surface area (Å²) in [4.78, 5) is 2.34. The van der Waals surface area contributed by atoms with Crippen LogP contribution < -0.4 is 5.32 Å². The first kappa shape index (κ1) is 11.0. The van der Waals surface area contributed by atoms with Crippen LogP contribution in [0, 0.1) is 0 Å². The van der Waals surface area contributed by atoms with Crippen molar-refractivity contribution < 1.29 is 5.11 Å². The SMILES string of the molecule is CCCCC(O)CN1CCNCC1. The van der Waals surface area contributed by atoms with Gasteiger partial charge in [0, 0.05) is 32.7 Å². The summed E-state index contributed by atoms with van der Waals surface area (Å²) in [7, 11) is 0. The van der Waals surface area contributed by atoms with Gasteiger partial charge in [-0.05, 0) is 6.42 Å². The third-order valence-corrected chi connectivity index (χ3v) is 2.57. The standard InChI is InChI=1S/C10H22N2O/c1-2-3-4-10(13)9-12-7-5-11-6-8-12/h10-11,13H,2-9H2,1H3. The molecule has 0 spiro atoms. The summed E-state index contributed by atoms with van der Waals surface area (Å²) in [5.74, 6) is 0. The topological polar surface area (TPSA) is 35.5 Å². The molecule has 78 valence electrons. The molecule has 0 aromatic rings. The van der Waals surface area contributed by atoms with Crippen molar-refractivity contribution in [3.63, 3.8) is 0 Å². The molecule has 0 aromatic carbocycles. The van der Waals surface area contributed by atoms with Crippen molar-refractivity contribution in [1.29, 1.82) is 0 Å². The number of aliphatic hydroxyl groups is 1. The lowest BCUT2D eigenvalue weighted by molar-refractivity contribution is 0.0967. The zero-order valence-electron chi connectivity index (χ0n) is 8.63. The Morgan fingerprint density at radius 1 is 1.38 bits per heavy atom. The van der Waals surface area contributed by atoms with Gasteiger partial charge < -0.3 is 10.4 Å². The fourth-order valence-electron chi connectivity index (χ4n) is 1.72. The van der Waals surface area contributed by atoms with Crippen molar-refractivity contribution in [3.05, 3.63) is 0 Å². The Morgan fingerprint density at radius 3 is 2.69 bits per heavy atom. The van der Waals surface area contributed by atoms with Gasteiger partial charge in [0.15, 0.2) is 0 Å². The minimum atomic E-state index is -0.113. The van der Waals surface area contributed by atoms with Gasteiger partial charge in [-0.2, -0.15) is 0 Å². The molecule has 0 aromatic heterocycles. The van der Waals surface area contributed by atoms with E-state index >= 15 is 0 Å². The van der Waals surface area contributed by atoms with E-state index in [1.54, 1.807) is 0 Å². The number of rotatable bonds is 5. The highest BCUT2D eigenvalue weighted by atomic mass is 16.3. The summed E-state index contributed by atoms with van der Waals surface area (Å²) in [5, 5.41) is 13.0. The Balaban J connectivity index is 2.07. The molecule has 1 unspecified atom stereocenters. The van der Waals surface area contributed by atoms with Crippen molar-refractivity contribution in [2.24, 2.45) is 0 Å². The highest BCUT2D eigenvalue weighted by Crippen LogP contribution is 2.03. The molecule has 0 amide bonds. The molecule has 3 heteroatoms. The quantitative estimate of drug-likeness (QED) is 0.654. The van der Waals surface area contributed by atoms with Gasteiger partial charge in [0.1, 0.15) is 0 Å². The fraction of sp³-hybridized carbons (Fsp3) is 1.00. The van der Waals surface area contributed by atoms with E-state index < -0.39 is 0 Å². The van der Waals surface area contributed by atoms with Crippen LogP contribution in [0.5, 0.6) is 0 Å². The maximum atomic E-state index is 9.67. The second-order valence-electron chi connectivity index (χ2n) is 3.85. The first-order chi connectivity index (χ1) is 6.33. The largest absolute Gasteiger partial charge is 0.392 e. The molecular weight excluding hydrogens is 164 g/mol. The third kappa shape index (κ3) is 4.60. The molecule has 1 atom stereocenters. The van der Waals surface area contributed by atoms with E-state index in [1.807, 2.05) is 0 Å². The van der Waals surface area contributed by atoms with E-state index in [0.717, 1.165) is 45.6 Å². The van der Waals surface area contributed by atoms with E-state index in [1.165, 1.54) is 6.42 Å². The maximum Gasteiger partial charge on any atom is 0.0667 e. The normalized spacial score (nSPS) is 21.7. The molecular formula is C10H22N2O. The fourth-order valence-corrected chi connectivity index (χ4v) is 1.72. The smallest absolute Gasteiger partial charge is 0.0667 e. The summed E-state index contributed by atoms with van der Waals surface area (Å²) in [6.45, 7) is 7.34. The third-order valence-electron chi connectivity index (χ3n) is 2.57. The van der Waals surface area contributed by atoms with Crippen molar-refractivity contribution in [2.75, 3.05) is 32.7 Å². The molecule has 13 heavy (non-hydrogen) atoms. The van der Waals surface area contributed by atoms with Gasteiger partial charge in [0.05, 0.1) is 6.10 Å². The molecule has 1 heterocycles. The summed E-state index contributed by atoms with van der Waals surface area (Å²) >= 11 is 0. The van der Waals surface area contributed by atoms with Crippen LogP contribution in [0.2, 0.25) is 0 Å². The van der Waals surface area contributed by atoms with Crippen molar-refractivity contribution in [1.82, 2.24) is 10.2 Å². The van der Waals surface area contributed by atoms with Crippen LogP contribution in [-0.2, 0) is 0 Å². The van der Waals surface area contributed by atoms with Crippen LogP contribution in [0.1, 0.15) is 26.2 Å². The van der Waals surface area contributed by atoms with Crippen molar-refractivity contribution >= 4 is 0 Å². The van der Waals surface area contributed by atoms with Gasteiger partial charge in [-0.1, -0.05) is 19.8 Å². The number of nitrogens with one attached hydrogen (secondary N) is 1. The Kier molecular flexibility index (Phi) is 5.35. The van der Waals surface area contributed by atoms with E-state index in [-0.39, 0.29) is 6.10 Å². The van der Waals surface area contributed by atoms with Gasteiger partial charge >= 0.3 is 0 Å². The molecule has 0 aliphatic carbocycles. The molecule has 1 saturated heterocycles. The number of β-amino-alcohol motifs (C(OH)–C–C–N with tert-alkyl or cyclic N) is 1. The van der Waals surface area contributed by atoms with Crippen LogP contribution in [0.3, 0.4) is 0 Å². The van der Waals surface area contributed by atoms with Crippen LogP contribution in [0.25, 0.3) is 0 Å². The van der Waals surface area contributed by atoms with Gasteiger partial charge in [0.25, 0.3) is 0 Å². The average Bonchev–Trinajstić information content (AvgIpc) is 2.16. The molecule has 1 aliphatic heterocycles. The molecule has 0 bridgehead atoms. The van der Waals surface area contributed by atoms with E-state index in [0.29, 0.717) is 0 Å². The molecule has 2 N–H and O–H groups in total. The first-order valence-corrected chi connectivity index (χ1v) is 5.44. The van der Waals surface area contributed by atoms with Gasteiger partial charge in [-0.15, -0.1) is 0 Å². The van der Waals surface area contributed by atoms with Crippen LogP contribution in [-0.4, -0.2) is 48.8 Å². The van der Waals surface area contributed by atoms with E-state index in [2.05, 4.69) is 17.1 Å². The predicted molar refractivity (Wildman–Crippen MR) is 54.8 cm³/mol.